The number of aliphatic hydroxyl groups excluding tert-OH is 1. The van der Waals surface area contributed by atoms with Gasteiger partial charge in [-0.15, -0.1) is 11.3 Å². The third-order valence-electron chi connectivity index (χ3n) is 3.28. The van der Waals surface area contributed by atoms with E-state index < -0.39 is 0 Å². The molecule has 0 aliphatic rings. The standard InChI is InChI=1S/C14H21N3O2S2/c1-4-17(5-2)14-16-13-11(21-14)8-10(20-13)12(19)15-9(3)6-7-18/h8-9,18H,4-7H2,1-3H3,(H,15,19). The van der Waals surface area contributed by atoms with Crippen LogP contribution in [0.2, 0.25) is 0 Å². The van der Waals surface area contributed by atoms with Crippen LogP contribution >= 0.6 is 22.7 Å². The van der Waals surface area contributed by atoms with Crippen molar-refractivity contribution < 1.29 is 9.90 Å². The van der Waals surface area contributed by atoms with E-state index in [0.717, 1.165) is 27.8 Å². The average molecular weight is 327 g/mol. The number of fused-ring (bicyclic) bond motifs is 1. The predicted octanol–water partition coefficient (Wildman–Crippen LogP) is 2.70. The zero-order chi connectivity index (χ0) is 15.4. The lowest BCUT2D eigenvalue weighted by Crippen LogP contribution is -2.32. The van der Waals surface area contributed by atoms with Gasteiger partial charge in [-0.1, -0.05) is 11.3 Å². The number of carbonyl (C=O) groups excluding carboxylic acids is 1. The summed E-state index contributed by atoms with van der Waals surface area (Å²) in [4.78, 5) is 20.5. The Morgan fingerprint density at radius 3 is 2.71 bits per heavy atom. The molecule has 0 saturated carbocycles. The molecule has 2 heterocycles. The van der Waals surface area contributed by atoms with Crippen LogP contribution in [0.4, 0.5) is 5.13 Å². The molecular weight excluding hydrogens is 306 g/mol. The van der Waals surface area contributed by atoms with Gasteiger partial charge in [0.15, 0.2) is 5.13 Å². The zero-order valence-electron chi connectivity index (χ0n) is 12.5. The molecule has 0 radical (unpaired) electrons. The van der Waals surface area contributed by atoms with E-state index in [9.17, 15) is 4.79 Å². The molecule has 5 nitrogen and oxygen atoms in total. The van der Waals surface area contributed by atoms with Gasteiger partial charge in [0.25, 0.3) is 5.91 Å². The number of anilines is 1. The number of hydrogen-bond acceptors (Lipinski definition) is 6. The number of thiazole rings is 1. The van der Waals surface area contributed by atoms with Crippen LogP contribution in [0.3, 0.4) is 0 Å². The number of carbonyl (C=O) groups is 1. The maximum Gasteiger partial charge on any atom is 0.261 e. The highest BCUT2D eigenvalue weighted by molar-refractivity contribution is 7.29. The highest BCUT2D eigenvalue weighted by atomic mass is 32.1. The lowest BCUT2D eigenvalue weighted by molar-refractivity contribution is 0.0938. The molecule has 116 valence electrons. The minimum Gasteiger partial charge on any atom is -0.396 e. The van der Waals surface area contributed by atoms with Gasteiger partial charge in [0.2, 0.25) is 0 Å². The van der Waals surface area contributed by atoms with Gasteiger partial charge >= 0.3 is 0 Å². The lowest BCUT2D eigenvalue weighted by Gasteiger charge is -2.16. The predicted molar refractivity (Wildman–Crippen MR) is 89.7 cm³/mol. The van der Waals surface area contributed by atoms with Crippen LogP contribution in [0.25, 0.3) is 9.53 Å². The number of rotatable bonds is 7. The second-order valence-corrected chi connectivity index (χ2v) is 6.88. The van der Waals surface area contributed by atoms with E-state index in [1.165, 1.54) is 11.3 Å². The third kappa shape index (κ3) is 3.72. The number of amides is 1. The molecule has 2 aromatic heterocycles. The fourth-order valence-corrected chi connectivity index (χ4v) is 4.27. The van der Waals surface area contributed by atoms with E-state index in [1.54, 1.807) is 11.3 Å². The van der Waals surface area contributed by atoms with Crippen LogP contribution in [-0.4, -0.2) is 41.7 Å². The summed E-state index contributed by atoms with van der Waals surface area (Å²) in [6, 6.07) is 1.88. The SMILES string of the molecule is CCN(CC)c1nc2sc(C(=O)NC(C)CCO)cc2s1. The number of hydrogen-bond donors (Lipinski definition) is 2. The summed E-state index contributed by atoms with van der Waals surface area (Å²) in [5, 5.41) is 12.8. The van der Waals surface area contributed by atoms with Crippen molar-refractivity contribution in [1.29, 1.82) is 0 Å². The summed E-state index contributed by atoms with van der Waals surface area (Å²) in [6.07, 6.45) is 0.565. The molecule has 7 heteroatoms. The van der Waals surface area contributed by atoms with Crippen LogP contribution in [-0.2, 0) is 0 Å². The smallest absolute Gasteiger partial charge is 0.261 e. The third-order valence-corrected chi connectivity index (χ3v) is 5.50. The first-order valence-corrected chi connectivity index (χ1v) is 8.79. The molecule has 2 rings (SSSR count). The van der Waals surface area contributed by atoms with Crippen molar-refractivity contribution in [2.45, 2.75) is 33.2 Å². The number of nitrogens with one attached hydrogen (secondary N) is 1. The van der Waals surface area contributed by atoms with Crippen LogP contribution in [0.1, 0.15) is 36.9 Å². The normalized spacial score (nSPS) is 12.6. The van der Waals surface area contributed by atoms with Gasteiger partial charge in [0, 0.05) is 25.7 Å². The summed E-state index contributed by atoms with van der Waals surface area (Å²) in [7, 11) is 0. The molecule has 2 N–H and O–H groups in total. The highest BCUT2D eigenvalue weighted by Gasteiger charge is 2.17. The van der Waals surface area contributed by atoms with E-state index in [-0.39, 0.29) is 18.6 Å². The average Bonchev–Trinajstić information content (AvgIpc) is 2.98. The van der Waals surface area contributed by atoms with E-state index in [1.807, 2.05) is 13.0 Å². The molecule has 2 aromatic rings. The Morgan fingerprint density at radius 2 is 2.14 bits per heavy atom. The molecule has 1 amide bonds. The van der Waals surface area contributed by atoms with E-state index >= 15 is 0 Å². The monoisotopic (exact) mass is 327 g/mol. The Morgan fingerprint density at radius 1 is 1.43 bits per heavy atom. The van der Waals surface area contributed by atoms with Crippen LogP contribution in [0, 0.1) is 0 Å². The van der Waals surface area contributed by atoms with Crippen molar-refractivity contribution in [1.82, 2.24) is 10.3 Å². The lowest BCUT2D eigenvalue weighted by atomic mass is 10.2. The Balaban J connectivity index is 2.13. The molecule has 0 saturated heterocycles. The molecule has 0 spiro atoms. The Bertz CT molecular complexity index is 573. The highest BCUT2D eigenvalue weighted by Crippen LogP contribution is 2.34. The Hall–Kier alpha value is -1.18. The number of thiophene rings is 1. The maximum atomic E-state index is 12.1. The number of nitrogens with zero attached hydrogens (tertiary/aromatic N) is 2. The number of aliphatic hydroxyl groups is 1. The molecular formula is C14H21N3O2S2. The van der Waals surface area contributed by atoms with Gasteiger partial charge in [0.1, 0.15) is 4.83 Å². The second-order valence-electron chi connectivity index (χ2n) is 4.84. The van der Waals surface area contributed by atoms with Gasteiger partial charge < -0.3 is 15.3 Å². The maximum absolute atomic E-state index is 12.1. The molecule has 1 unspecified atom stereocenters. The molecule has 0 aromatic carbocycles. The summed E-state index contributed by atoms with van der Waals surface area (Å²) in [6.45, 7) is 8.06. The van der Waals surface area contributed by atoms with Crippen molar-refractivity contribution in [3.05, 3.63) is 10.9 Å². The molecule has 0 fully saturated rings. The van der Waals surface area contributed by atoms with E-state index in [0.29, 0.717) is 11.3 Å². The van der Waals surface area contributed by atoms with Crippen LogP contribution < -0.4 is 10.2 Å². The van der Waals surface area contributed by atoms with Crippen molar-refractivity contribution in [2.24, 2.45) is 0 Å². The fourth-order valence-electron chi connectivity index (χ4n) is 2.03. The Labute approximate surface area is 132 Å². The van der Waals surface area contributed by atoms with Crippen molar-refractivity contribution in [3.63, 3.8) is 0 Å². The van der Waals surface area contributed by atoms with Gasteiger partial charge in [-0.2, -0.15) is 0 Å². The molecule has 0 aliphatic heterocycles. The van der Waals surface area contributed by atoms with Crippen molar-refractivity contribution >= 4 is 43.2 Å². The van der Waals surface area contributed by atoms with E-state index in [4.69, 9.17) is 5.11 Å². The van der Waals surface area contributed by atoms with Crippen molar-refractivity contribution in [3.8, 4) is 0 Å². The molecule has 1 atom stereocenters. The molecule has 21 heavy (non-hydrogen) atoms. The fraction of sp³-hybridized carbons (Fsp3) is 0.571. The topological polar surface area (TPSA) is 65.5 Å². The first-order chi connectivity index (χ1) is 10.1. The quantitative estimate of drug-likeness (QED) is 0.820. The van der Waals surface area contributed by atoms with Gasteiger partial charge in [-0.05, 0) is 33.3 Å². The van der Waals surface area contributed by atoms with Gasteiger partial charge in [-0.25, -0.2) is 4.98 Å². The first-order valence-electron chi connectivity index (χ1n) is 7.16. The van der Waals surface area contributed by atoms with Crippen LogP contribution in [0.5, 0.6) is 0 Å². The summed E-state index contributed by atoms with van der Waals surface area (Å²) < 4.78 is 1.06. The molecule has 0 bridgehead atoms. The summed E-state index contributed by atoms with van der Waals surface area (Å²) in [5.41, 5.74) is 0. The van der Waals surface area contributed by atoms with Crippen LogP contribution in [0.15, 0.2) is 6.07 Å². The second kappa shape index (κ2) is 7.20. The summed E-state index contributed by atoms with van der Waals surface area (Å²) in [5.74, 6) is -0.0875. The summed E-state index contributed by atoms with van der Waals surface area (Å²) >= 11 is 3.05. The number of aromatic nitrogens is 1. The minimum absolute atomic E-state index is 0.0261. The van der Waals surface area contributed by atoms with Gasteiger partial charge in [0.05, 0.1) is 9.58 Å². The van der Waals surface area contributed by atoms with Gasteiger partial charge in [-0.3, -0.25) is 4.79 Å². The van der Waals surface area contributed by atoms with Crippen molar-refractivity contribution in [2.75, 3.05) is 24.6 Å². The molecule has 0 aliphatic carbocycles. The zero-order valence-corrected chi connectivity index (χ0v) is 14.2. The first kappa shape index (κ1) is 16.2. The van der Waals surface area contributed by atoms with E-state index in [2.05, 4.69) is 29.0 Å². The minimum atomic E-state index is -0.0875. The Kier molecular flexibility index (Phi) is 5.55. The largest absolute Gasteiger partial charge is 0.396 e.